The van der Waals surface area contributed by atoms with Crippen LogP contribution in [0.25, 0.3) is 0 Å². The van der Waals surface area contributed by atoms with E-state index < -0.39 is 16.1 Å². The van der Waals surface area contributed by atoms with E-state index in [0.717, 1.165) is 22.8 Å². The number of aryl methyl sites for hydroxylation is 1. The van der Waals surface area contributed by atoms with Gasteiger partial charge in [0.15, 0.2) is 0 Å². The molecule has 7 heteroatoms. The minimum absolute atomic E-state index is 0.266. The Hall–Kier alpha value is -1.21. The predicted molar refractivity (Wildman–Crippen MR) is 106 cm³/mol. The monoisotopic (exact) mass is 384 g/mol. The number of hydrogen-bond donors (Lipinski definition) is 1. The fraction of sp³-hybridized carbons (Fsp3) is 0.611. The fourth-order valence-corrected chi connectivity index (χ4v) is 5.50. The van der Waals surface area contributed by atoms with Gasteiger partial charge in [0.05, 0.1) is 11.9 Å². The maximum absolute atomic E-state index is 12.4. The zero-order valence-electron chi connectivity index (χ0n) is 15.2. The van der Waals surface area contributed by atoms with Gasteiger partial charge in [-0.1, -0.05) is 30.5 Å². The van der Waals surface area contributed by atoms with Gasteiger partial charge in [0.1, 0.15) is 6.04 Å². The van der Waals surface area contributed by atoms with Crippen LogP contribution in [0.15, 0.2) is 24.3 Å². The molecule has 0 aliphatic heterocycles. The average Bonchev–Trinajstić information content (AvgIpc) is 3.05. The van der Waals surface area contributed by atoms with Crippen molar-refractivity contribution < 1.29 is 13.2 Å². The summed E-state index contributed by atoms with van der Waals surface area (Å²) in [6.07, 6.45) is 6.28. The molecule has 1 aromatic carbocycles. The van der Waals surface area contributed by atoms with Crippen LogP contribution in [0.2, 0.25) is 0 Å². The second-order valence-corrected chi connectivity index (χ2v) is 9.91. The summed E-state index contributed by atoms with van der Waals surface area (Å²) in [5, 5.41) is 3.59. The topological polar surface area (TPSA) is 66.5 Å². The van der Waals surface area contributed by atoms with Crippen molar-refractivity contribution in [2.24, 2.45) is 0 Å². The highest BCUT2D eigenvalue weighted by molar-refractivity contribution is 7.99. The number of nitrogens with one attached hydrogen (secondary N) is 1. The maximum atomic E-state index is 12.4. The molecule has 0 saturated heterocycles. The molecular formula is C18H28N2O3S2. The Labute approximate surface area is 155 Å². The summed E-state index contributed by atoms with van der Waals surface area (Å²) in [6.45, 7) is 4.13. The molecule has 1 unspecified atom stereocenters. The highest BCUT2D eigenvalue weighted by atomic mass is 32.2. The molecule has 1 aliphatic carbocycles. The first kappa shape index (κ1) is 20.1. The number of benzene rings is 1. The second kappa shape index (κ2) is 8.94. The van der Waals surface area contributed by atoms with E-state index in [2.05, 4.69) is 5.32 Å². The van der Waals surface area contributed by atoms with E-state index in [-0.39, 0.29) is 5.91 Å². The molecule has 1 aromatic rings. The summed E-state index contributed by atoms with van der Waals surface area (Å²) >= 11 is 1.90. The van der Waals surface area contributed by atoms with Crippen LogP contribution >= 0.6 is 11.8 Å². The minimum Gasteiger partial charge on any atom is -0.353 e. The zero-order valence-corrected chi connectivity index (χ0v) is 16.8. The summed E-state index contributed by atoms with van der Waals surface area (Å²) in [5.74, 6) is 0.602. The molecule has 1 atom stereocenters. The molecule has 25 heavy (non-hydrogen) atoms. The highest BCUT2D eigenvalue weighted by Crippen LogP contribution is 2.29. The van der Waals surface area contributed by atoms with Crippen molar-refractivity contribution in [3.8, 4) is 0 Å². The van der Waals surface area contributed by atoms with E-state index in [1.807, 2.05) is 30.8 Å². The summed E-state index contributed by atoms with van der Waals surface area (Å²) in [5.41, 5.74) is 1.55. The molecule has 2 rings (SSSR count). The maximum Gasteiger partial charge on any atom is 0.243 e. The summed E-state index contributed by atoms with van der Waals surface area (Å²) in [7, 11) is -3.55. The Morgan fingerprint density at radius 3 is 2.44 bits per heavy atom. The third-order valence-corrected chi connectivity index (χ3v) is 7.06. The van der Waals surface area contributed by atoms with Gasteiger partial charge in [-0.15, -0.1) is 0 Å². The van der Waals surface area contributed by atoms with Crippen LogP contribution in [0.5, 0.6) is 0 Å². The smallest absolute Gasteiger partial charge is 0.243 e. The number of carbonyl (C=O) groups is 1. The van der Waals surface area contributed by atoms with Crippen molar-refractivity contribution in [3.63, 3.8) is 0 Å². The number of anilines is 1. The van der Waals surface area contributed by atoms with E-state index in [1.54, 1.807) is 19.1 Å². The first-order valence-electron chi connectivity index (χ1n) is 8.74. The van der Waals surface area contributed by atoms with Gasteiger partial charge in [-0.2, -0.15) is 11.8 Å². The van der Waals surface area contributed by atoms with Crippen LogP contribution < -0.4 is 9.62 Å². The van der Waals surface area contributed by atoms with Crippen LogP contribution in [0, 0.1) is 6.92 Å². The predicted octanol–water partition coefficient (Wildman–Crippen LogP) is 2.94. The van der Waals surface area contributed by atoms with Crippen molar-refractivity contribution in [1.82, 2.24) is 5.32 Å². The number of rotatable bonds is 8. The third kappa shape index (κ3) is 5.92. The number of nitrogens with zero attached hydrogens (tertiary/aromatic N) is 1. The summed E-state index contributed by atoms with van der Waals surface area (Å²) < 4.78 is 25.6. The molecule has 0 bridgehead atoms. The molecule has 1 amide bonds. The van der Waals surface area contributed by atoms with E-state index in [1.165, 1.54) is 30.0 Å². The van der Waals surface area contributed by atoms with Crippen LogP contribution in [-0.2, 0) is 14.8 Å². The molecule has 140 valence electrons. The van der Waals surface area contributed by atoms with Crippen molar-refractivity contribution in [2.45, 2.75) is 50.8 Å². The van der Waals surface area contributed by atoms with Crippen LogP contribution in [0.1, 0.15) is 38.2 Å². The number of carbonyl (C=O) groups excluding carboxylic acids is 1. The van der Waals surface area contributed by atoms with E-state index in [4.69, 9.17) is 0 Å². The standard InChI is InChI=1S/C18H28N2O3S2/c1-14-8-10-16(11-9-14)20(25(3,22)23)15(2)18(21)19-12-13-24-17-6-4-5-7-17/h8-11,15,17H,4-7,12-13H2,1-3H3,(H,19,21). The lowest BCUT2D eigenvalue weighted by Gasteiger charge is -2.28. The van der Waals surface area contributed by atoms with Gasteiger partial charge < -0.3 is 5.32 Å². The molecule has 0 spiro atoms. The normalized spacial score (nSPS) is 16.6. The molecule has 1 fully saturated rings. The second-order valence-electron chi connectivity index (χ2n) is 6.64. The third-order valence-electron chi connectivity index (χ3n) is 4.43. The van der Waals surface area contributed by atoms with E-state index in [0.29, 0.717) is 12.2 Å². The van der Waals surface area contributed by atoms with Crippen LogP contribution in [-0.4, -0.2) is 44.2 Å². The first-order chi connectivity index (χ1) is 11.8. The van der Waals surface area contributed by atoms with Gasteiger partial charge in [-0.3, -0.25) is 9.10 Å². The molecular weight excluding hydrogens is 356 g/mol. The minimum atomic E-state index is -3.55. The van der Waals surface area contributed by atoms with Gasteiger partial charge >= 0.3 is 0 Å². The van der Waals surface area contributed by atoms with E-state index >= 15 is 0 Å². The lowest BCUT2D eigenvalue weighted by atomic mass is 10.2. The van der Waals surface area contributed by atoms with Gasteiger partial charge in [0.25, 0.3) is 0 Å². The van der Waals surface area contributed by atoms with Crippen LogP contribution in [0.3, 0.4) is 0 Å². The summed E-state index contributed by atoms with van der Waals surface area (Å²) in [4.78, 5) is 12.4. The van der Waals surface area contributed by atoms with Gasteiger partial charge in [-0.05, 0) is 38.8 Å². The number of thioether (sulfide) groups is 1. The Morgan fingerprint density at radius 2 is 1.88 bits per heavy atom. The lowest BCUT2D eigenvalue weighted by Crippen LogP contribution is -2.48. The van der Waals surface area contributed by atoms with Gasteiger partial charge in [0, 0.05) is 17.5 Å². The average molecular weight is 385 g/mol. The van der Waals surface area contributed by atoms with Crippen molar-refractivity contribution in [1.29, 1.82) is 0 Å². The van der Waals surface area contributed by atoms with Crippen molar-refractivity contribution in [2.75, 3.05) is 22.9 Å². The molecule has 5 nitrogen and oxygen atoms in total. The first-order valence-corrected chi connectivity index (χ1v) is 11.6. The van der Waals surface area contributed by atoms with Crippen molar-refractivity contribution >= 4 is 33.4 Å². The number of sulfonamides is 1. The van der Waals surface area contributed by atoms with Crippen molar-refractivity contribution in [3.05, 3.63) is 29.8 Å². The Morgan fingerprint density at radius 1 is 1.28 bits per heavy atom. The largest absolute Gasteiger partial charge is 0.353 e. The zero-order chi connectivity index (χ0) is 18.4. The molecule has 1 N–H and O–H groups in total. The number of amides is 1. The van der Waals surface area contributed by atoms with Crippen LogP contribution in [0.4, 0.5) is 5.69 Å². The molecule has 1 saturated carbocycles. The molecule has 0 radical (unpaired) electrons. The Balaban J connectivity index is 1.94. The molecule has 1 aliphatic rings. The fourth-order valence-electron chi connectivity index (χ4n) is 3.10. The van der Waals surface area contributed by atoms with Gasteiger partial charge in [-0.25, -0.2) is 8.42 Å². The highest BCUT2D eigenvalue weighted by Gasteiger charge is 2.28. The quantitative estimate of drug-likeness (QED) is 0.700. The Kier molecular flexibility index (Phi) is 7.19. The lowest BCUT2D eigenvalue weighted by molar-refractivity contribution is -0.121. The molecule has 0 aromatic heterocycles. The molecule has 0 heterocycles. The Bertz CT molecular complexity index is 668. The SMILES string of the molecule is Cc1ccc(N(C(C)C(=O)NCCSC2CCCC2)S(C)(=O)=O)cc1. The van der Waals surface area contributed by atoms with E-state index in [9.17, 15) is 13.2 Å². The van der Waals surface area contributed by atoms with Gasteiger partial charge in [0.2, 0.25) is 15.9 Å². The number of hydrogen-bond acceptors (Lipinski definition) is 4. The summed E-state index contributed by atoms with van der Waals surface area (Å²) in [6, 6.07) is 6.37.